The summed E-state index contributed by atoms with van der Waals surface area (Å²) in [5.41, 5.74) is -1.50. The Morgan fingerprint density at radius 1 is 0.905 bits per heavy atom. The van der Waals surface area contributed by atoms with Crippen molar-refractivity contribution in [2.45, 2.75) is 0 Å². The quantitative estimate of drug-likeness (QED) is 0.577. The van der Waals surface area contributed by atoms with Gasteiger partial charge in [0.05, 0.1) is 25.1 Å². The molecule has 0 saturated carbocycles. The van der Waals surface area contributed by atoms with Crippen LogP contribution in [-0.2, 0) is 0 Å². The zero-order chi connectivity index (χ0) is 15.1. The maximum atomic E-state index is 12.4. The van der Waals surface area contributed by atoms with E-state index in [0.717, 1.165) is 0 Å². The lowest BCUT2D eigenvalue weighted by molar-refractivity contribution is 0.356. The minimum Gasteiger partial charge on any atom is -0.493 e. The number of hydrogen-bond donors (Lipinski definition) is 3. The molecule has 0 spiro atoms. The van der Waals surface area contributed by atoms with Crippen LogP contribution >= 0.6 is 0 Å². The summed E-state index contributed by atoms with van der Waals surface area (Å²) in [5, 5.41) is 4.31. The van der Waals surface area contributed by atoms with E-state index in [9.17, 15) is 14.4 Å². The van der Waals surface area contributed by atoms with Gasteiger partial charge in [-0.1, -0.05) is 0 Å². The van der Waals surface area contributed by atoms with E-state index in [-0.39, 0.29) is 16.3 Å². The highest BCUT2D eigenvalue weighted by Gasteiger charge is 2.14. The van der Waals surface area contributed by atoms with Gasteiger partial charge in [0.25, 0.3) is 11.1 Å². The first-order chi connectivity index (χ1) is 10.1. The molecule has 0 radical (unpaired) electrons. The lowest BCUT2D eigenvalue weighted by atomic mass is 10.1. The van der Waals surface area contributed by atoms with Crippen LogP contribution in [0.2, 0.25) is 0 Å². The Balaban J connectivity index is 2.61. The molecule has 0 atom stereocenters. The molecule has 0 aliphatic heterocycles. The third-order valence-electron chi connectivity index (χ3n) is 3.25. The van der Waals surface area contributed by atoms with Gasteiger partial charge in [0.15, 0.2) is 11.5 Å². The Bertz CT molecular complexity index is 1030. The van der Waals surface area contributed by atoms with Crippen molar-refractivity contribution in [1.82, 2.24) is 15.2 Å². The van der Waals surface area contributed by atoms with E-state index in [4.69, 9.17) is 9.47 Å². The third-order valence-corrected chi connectivity index (χ3v) is 3.25. The monoisotopic (exact) mass is 289 g/mol. The van der Waals surface area contributed by atoms with E-state index < -0.39 is 16.5 Å². The Morgan fingerprint density at radius 2 is 1.52 bits per heavy atom. The average Bonchev–Trinajstić information content (AvgIpc) is 2.49. The lowest BCUT2D eigenvalue weighted by Gasteiger charge is -2.09. The highest BCUT2D eigenvalue weighted by atomic mass is 16.5. The molecule has 2 aromatic heterocycles. The van der Waals surface area contributed by atoms with Crippen molar-refractivity contribution < 1.29 is 9.47 Å². The van der Waals surface area contributed by atoms with Crippen LogP contribution in [0.5, 0.6) is 11.5 Å². The van der Waals surface area contributed by atoms with Crippen molar-refractivity contribution in [1.29, 1.82) is 0 Å². The number of nitrogens with one attached hydrogen (secondary N) is 3. The van der Waals surface area contributed by atoms with Crippen molar-refractivity contribution in [3.8, 4) is 11.5 Å². The van der Waals surface area contributed by atoms with Crippen LogP contribution in [0.15, 0.2) is 26.5 Å². The molecule has 0 saturated heterocycles. The predicted octanol–water partition coefficient (Wildman–Crippen LogP) is 0.0751. The van der Waals surface area contributed by atoms with Crippen molar-refractivity contribution in [2.75, 3.05) is 14.2 Å². The maximum Gasteiger partial charge on any atom is 0.287 e. The number of aromatic nitrogens is 3. The number of benzene rings is 1. The summed E-state index contributed by atoms with van der Waals surface area (Å²) in [6.07, 6.45) is 0. The molecule has 3 N–H and O–H groups in total. The number of fused-ring (bicyclic) bond motifs is 2. The van der Waals surface area contributed by atoms with Gasteiger partial charge >= 0.3 is 0 Å². The lowest BCUT2D eigenvalue weighted by Crippen LogP contribution is -2.25. The highest BCUT2D eigenvalue weighted by Crippen LogP contribution is 2.30. The van der Waals surface area contributed by atoms with Crippen LogP contribution < -0.4 is 26.0 Å². The summed E-state index contributed by atoms with van der Waals surface area (Å²) in [5.74, 6) is 0.761. The summed E-state index contributed by atoms with van der Waals surface area (Å²) in [7, 11) is 2.90. The van der Waals surface area contributed by atoms with Gasteiger partial charge in [-0.3, -0.25) is 24.6 Å². The minimum absolute atomic E-state index is 0.0801. The molecule has 0 aliphatic carbocycles. The minimum atomic E-state index is -0.664. The van der Waals surface area contributed by atoms with Gasteiger partial charge in [-0.05, 0) is 6.07 Å². The number of rotatable bonds is 2. The molecule has 8 heteroatoms. The van der Waals surface area contributed by atoms with Crippen LogP contribution in [0.3, 0.4) is 0 Å². The van der Waals surface area contributed by atoms with E-state index >= 15 is 0 Å². The first-order valence-electron chi connectivity index (χ1n) is 5.99. The van der Waals surface area contributed by atoms with Crippen molar-refractivity contribution in [3.05, 3.63) is 43.1 Å². The number of methoxy groups -OCH3 is 2. The molecule has 0 amide bonds. The fourth-order valence-electron chi connectivity index (χ4n) is 2.24. The molecule has 8 nitrogen and oxygen atoms in total. The second-order valence-electron chi connectivity index (χ2n) is 4.37. The first-order valence-corrected chi connectivity index (χ1v) is 5.99. The molecule has 0 unspecified atom stereocenters. The van der Waals surface area contributed by atoms with Crippen LogP contribution in [0.4, 0.5) is 0 Å². The SMILES string of the molecule is COc1cc2[nH]c3c(=O)[nH][nH]c(=O)c3c(=O)c2cc1OC. The molecule has 0 aliphatic rings. The average molecular weight is 289 g/mol. The third kappa shape index (κ3) is 1.80. The standard InChI is InChI=1S/C13H11N3O5/c1-20-7-3-5-6(4-8(7)21-2)14-10-9(11(5)17)12(18)15-16-13(10)19/h3-4H,1-2H3,(H,14,17)(H,15,18)(H,16,19). The molecule has 2 heterocycles. The van der Waals surface area contributed by atoms with Gasteiger partial charge in [-0.2, -0.15) is 0 Å². The van der Waals surface area contributed by atoms with Crippen molar-refractivity contribution >= 4 is 21.8 Å². The topological polar surface area (TPSA) is 117 Å². The van der Waals surface area contributed by atoms with Crippen LogP contribution in [-0.4, -0.2) is 29.4 Å². The molecular weight excluding hydrogens is 278 g/mol. The van der Waals surface area contributed by atoms with E-state index in [1.54, 1.807) is 0 Å². The van der Waals surface area contributed by atoms with Gasteiger partial charge in [0.1, 0.15) is 10.9 Å². The van der Waals surface area contributed by atoms with Gasteiger partial charge in [0.2, 0.25) is 5.43 Å². The summed E-state index contributed by atoms with van der Waals surface area (Å²) in [6.45, 7) is 0. The maximum absolute atomic E-state index is 12.4. The molecule has 108 valence electrons. The van der Waals surface area contributed by atoms with Crippen molar-refractivity contribution in [2.24, 2.45) is 0 Å². The summed E-state index contributed by atoms with van der Waals surface area (Å²) in [4.78, 5) is 38.7. The van der Waals surface area contributed by atoms with Crippen LogP contribution in [0.25, 0.3) is 21.8 Å². The zero-order valence-electron chi connectivity index (χ0n) is 11.2. The Kier molecular flexibility index (Phi) is 2.79. The number of aromatic amines is 3. The molecule has 21 heavy (non-hydrogen) atoms. The van der Waals surface area contributed by atoms with Gasteiger partial charge < -0.3 is 14.5 Å². The second kappa shape index (κ2) is 4.51. The molecule has 3 aromatic rings. The fraction of sp³-hybridized carbons (Fsp3) is 0.154. The van der Waals surface area contributed by atoms with Gasteiger partial charge in [-0.25, -0.2) is 0 Å². The summed E-state index contributed by atoms with van der Waals surface area (Å²) < 4.78 is 10.3. The van der Waals surface area contributed by atoms with E-state index in [2.05, 4.69) is 15.2 Å². The number of H-pyrrole nitrogens is 3. The Hall–Kier alpha value is -3.03. The molecule has 0 bridgehead atoms. The Morgan fingerprint density at radius 3 is 2.19 bits per heavy atom. The molecular formula is C13H11N3O5. The fourth-order valence-corrected chi connectivity index (χ4v) is 2.24. The smallest absolute Gasteiger partial charge is 0.287 e. The normalized spacial score (nSPS) is 11.0. The molecule has 3 rings (SSSR count). The van der Waals surface area contributed by atoms with E-state index in [1.807, 2.05) is 0 Å². The zero-order valence-corrected chi connectivity index (χ0v) is 11.2. The van der Waals surface area contributed by atoms with Crippen molar-refractivity contribution in [3.63, 3.8) is 0 Å². The number of hydrogen-bond acceptors (Lipinski definition) is 5. The van der Waals surface area contributed by atoms with E-state index in [1.165, 1.54) is 26.4 Å². The van der Waals surface area contributed by atoms with E-state index in [0.29, 0.717) is 17.0 Å². The largest absolute Gasteiger partial charge is 0.493 e. The molecule has 1 aromatic carbocycles. The predicted molar refractivity (Wildman–Crippen MR) is 76.4 cm³/mol. The van der Waals surface area contributed by atoms with Gasteiger partial charge in [-0.15, -0.1) is 0 Å². The first kappa shape index (κ1) is 13.0. The molecule has 0 fully saturated rings. The summed E-state index contributed by atoms with van der Waals surface area (Å²) >= 11 is 0. The van der Waals surface area contributed by atoms with Crippen LogP contribution in [0.1, 0.15) is 0 Å². The van der Waals surface area contributed by atoms with Crippen LogP contribution in [0, 0.1) is 0 Å². The number of pyridine rings is 1. The highest BCUT2D eigenvalue weighted by molar-refractivity contribution is 5.93. The number of ether oxygens (including phenoxy) is 2. The Labute approximate surface area is 116 Å². The summed E-state index contributed by atoms with van der Waals surface area (Å²) in [6, 6.07) is 3.00. The second-order valence-corrected chi connectivity index (χ2v) is 4.37. The van der Waals surface area contributed by atoms with Gasteiger partial charge in [0, 0.05) is 6.07 Å².